The SMILES string of the molecule is Cc1ccc(C)c2c1C(=O)C(=O)N2Cc1cncs1. The van der Waals surface area contributed by atoms with Crippen LogP contribution in [0.1, 0.15) is 26.4 Å². The topological polar surface area (TPSA) is 50.3 Å². The molecular weight excluding hydrogens is 260 g/mol. The van der Waals surface area contributed by atoms with Crippen LogP contribution in [-0.2, 0) is 11.3 Å². The van der Waals surface area contributed by atoms with Crippen molar-refractivity contribution >= 4 is 28.7 Å². The van der Waals surface area contributed by atoms with E-state index in [1.165, 1.54) is 11.3 Å². The Bertz CT molecular complexity index is 677. The third kappa shape index (κ3) is 1.77. The minimum Gasteiger partial charge on any atom is -0.299 e. The highest BCUT2D eigenvalue weighted by molar-refractivity contribution is 7.09. The van der Waals surface area contributed by atoms with Crippen LogP contribution in [0.4, 0.5) is 5.69 Å². The number of anilines is 1. The minimum absolute atomic E-state index is 0.402. The molecule has 1 aromatic heterocycles. The lowest BCUT2D eigenvalue weighted by molar-refractivity contribution is -0.114. The van der Waals surface area contributed by atoms with Crippen molar-refractivity contribution in [2.24, 2.45) is 0 Å². The molecule has 4 nitrogen and oxygen atoms in total. The number of thiazole rings is 1. The largest absolute Gasteiger partial charge is 0.299 e. The second kappa shape index (κ2) is 4.28. The Morgan fingerprint density at radius 2 is 1.95 bits per heavy atom. The molecule has 2 heterocycles. The number of nitrogens with zero attached hydrogens (tertiary/aromatic N) is 2. The molecule has 5 heteroatoms. The summed E-state index contributed by atoms with van der Waals surface area (Å²) < 4.78 is 0. The summed E-state index contributed by atoms with van der Waals surface area (Å²) in [6.45, 7) is 4.19. The summed E-state index contributed by atoms with van der Waals surface area (Å²) in [4.78, 5) is 30.8. The molecule has 0 N–H and O–H groups in total. The second-order valence-corrected chi connectivity index (χ2v) is 5.58. The standard InChI is InChI=1S/C14H12N2O2S/c1-8-3-4-9(2)12-11(8)13(17)14(18)16(12)6-10-5-15-7-19-10/h3-5,7H,6H2,1-2H3. The molecule has 0 unspecified atom stereocenters. The number of ketones is 1. The number of aromatic nitrogens is 1. The summed E-state index contributed by atoms with van der Waals surface area (Å²) in [5.74, 6) is -0.846. The van der Waals surface area contributed by atoms with Crippen LogP contribution < -0.4 is 4.90 Å². The fraction of sp³-hybridized carbons (Fsp3) is 0.214. The quantitative estimate of drug-likeness (QED) is 0.789. The number of carbonyl (C=O) groups is 2. The van der Waals surface area contributed by atoms with E-state index in [0.717, 1.165) is 21.7 Å². The van der Waals surface area contributed by atoms with Crippen molar-refractivity contribution in [3.63, 3.8) is 0 Å². The Kier molecular flexibility index (Phi) is 2.71. The first kappa shape index (κ1) is 12.0. The molecule has 0 fully saturated rings. The molecule has 0 aliphatic carbocycles. The molecule has 0 spiro atoms. The highest BCUT2D eigenvalue weighted by atomic mass is 32.1. The maximum atomic E-state index is 12.2. The molecule has 19 heavy (non-hydrogen) atoms. The predicted octanol–water partition coefficient (Wildman–Crippen LogP) is 2.49. The van der Waals surface area contributed by atoms with Crippen LogP contribution in [0, 0.1) is 13.8 Å². The molecule has 0 saturated heterocycles. The van der Waals surface area contributed by atoms with Gasteiger partial charge in [0.2, 0.25) is 0 Å². The number of Topliss-reactive ketones (excluding diaryl/α,β-unsaturated/α-hetero) is 1. The van der Waals surface area contributed by atoms with Crippen molar-refractivity contribution < 1.29 is 9.59 Å². The van der Waals surface area contributed by atoms with Crippen LogP contribution in [-0.4, -0.2) is 16.7 Å². The van der Waals surface area contributed by atoms with E-state index < -0.39 is 11.7 Å². The van der Waals surface area contributed by atoms with Crippen LogP contribution in [0.15, 0.2) is 23.8 Å². The molecule has 0 saturated carbocycles. The summed E-state index contributed by atoms with van der Waals surface area (Å²) in [6.07, 6.45) is 1.73. The van der Waals surface area contributed by atoms with Crippen LogP contribution in [0.3, 0.4) is 0 Å². The van der Waals surface area contributed by atoms with E-state index >= 15 is 0 Å². The molecule has 96 valence electrons. The molecule has 1 amide bonds. The van der Waals surface area contributed by atoms with E-state index in [1.54, 1.807) is 16.6 Å². The number of amides is 1. The molecule has 1 aliphatic rings. The van der Waals surface area contributed by atoms with Gasteiger partial charge in [-0.25, -0.2) is 0 Å². The van der Waals surface area contributed by atoms with Crippen LogP contribution in [0.2, 0.25) is 0 Å². The minimum atomic E-state index is -0.444. The van der Waals surface area contributed by atoms with Gasteiger partial charge in [-0.15, -0.1) is 11.3 Å². The molecular formula is C14H12N2O2S. The number of hydrogen-bond acceptors (Lipinski definition) is 4. The number of hydrogen-bond donors (Lipinski definition) is 0. The molecule has 1 aliphatic heterocycles. The lowest BCUT2D eigenvalue weighted by Crippen LogP contribution is -2.29. The first-order chi connectivity index (χ1) is 9.09. The second-order valence-electron chi connectivity index (χ2n) is 4.61. The zero-order valence-electron chi connectivity index (χ0n) is 10.6. The van der Waals surface area contributed by atoms with Crippen LogP contribution >= 0.6 is 11.3 Å². The van der Waals surface area contributed by atoms with Gasteiger partial charge in [0.25, 0.3) is 11.7 Å². The van der Waals surface area contributed by atoms with Crippen molar-refractivity contribution in [1.82, 2.24) is 4.98 Å². The van der Waals surface area contributed by atoms with E-state index in [9.17, 15) is 9.59 Å². The average Bonchev–Trinajstić information content (AvgIpc) is 2.97. The van der Waals surface area contributed by atoms with Gasteiger partial charge in [0.15, 0.2) is 0 Å². The van der Waals surface area contributed by atoms with E-state index in [2.05, 4.69) is 4.98 Å². The average molecular weight is 272 g/mol. The molecule has 0 radical (unpaired) electrons. The Balaban J connectivity index is 2.12. The molecule has 0 bridgehead atoms. The highest BCUT2D eigenvalue weighted by Gasteiger charge is 2.38. The van der Waals surface area contributed by atoms with Gasteiger partial charge in [-0.3, -0.25) is 19.5 Å². The fourth-order valence-electron chi connectivity index (χ4n) is 2.39. The van der Waals surface area contributed by atoms with Crippen molar-refractivity contribution in [1.29, 1.82) is 0 Å². The van der Waals surface area contributed by atoms with Crippen molar-refractivity contribution in [3.05, 3.63) is 45.4 Å². The normalized spacial score (nSPS) is 14.1. The van der Waals surface area contributed by atoms with Gasteiger partial charge in [-0.2, -0.15) is 0 Å². The third-order valence-corrected chi connectivity index (χ3v) is 4.09. The summed E-state index contributed by atoms with van der Waals surface area (Å²) in [5, 5.41) is 0. The van der Waals surface area contributed by atoms with Crippen LogP contribution in [0.5, 0.6) is 0 Å². The summed E-state index contributed by atoms with van der Waals surface area (Å²) >= 11 is 1.48. The zero-order chi connectivity index (χ0) is 13.6. The van der Waals surface area contributed by atoms with Gasteiger partial charge in [0, 0.05) is 11.1 Å². The lowest BCUT2D eigenvalue weighted by atomic mass is 10.0. The molecule has 2 aromatic rings. The van der Waals surface area contributed by atoms with E-state index in [4.69, 9.17) is 0 Å². The van der Waals surface area contributed by atoms with Crippen molar-refractivity contribution in [3.8, 4) is 0 Å². The third-order valence-electron chi connectivity index (χ3n) is 3.32. The number of rotatable bonds is 2. The van der Waals surface area contributed by atoms with E-state index in [0.29, 0.717) is 12.1 Å². The van der Waals surface area contributed by atoms with E-state index in [1.807, 2.05) is 26.0 Å². The summed E-state index contributed by atoms with van der Waals surface area (Å²) in [7, 11) is 0. The Hall–Kier alpha value is -2.01. The number of carbonyl (C=O) groups excluding carboxylic acids is 2. The zero-order valence-corrected chi connectivity index (χ0v) is 11.5. The van der Waals surface area contributed by atoms with Gasteiger partial charge in [0.1, 0.15) is 0 Å². The first-order valence-corrected chi connectivity index (χ1v) is 6.81. The van der Waals surface area contributed by atoms with Crippen molar-refractivity contribution in [2.75, 3.05) is 4.90 Å². The smallest absolute Gasteiger partial charge is 0.299 e. The highest BCUT2D eigenvalue weighted by Crippen LogP contribution is 2.35. The number of benzene rings is 1. The maximum absolute atomic E-state index is 12.2. The summed E-state index contributed by atoms with van der Waals surface area (Å²) in [6, 6.07) is 3.83. The van der Waals surface area contributed by atoms with E-state index in [-0.39, 0.29) is 0 Å². The predicted molar refractivity (Wildman–Crippen MR) is 73.6 cm³/mol. The molecule has 0 atom stereocenters. The number of aryl methyl sites for hydroxylation is 2. The van der Waals surface area contributed by atoms with Gasteiger partial charge in [-0.05, 0) is 25.0 Å². The van der Waals surface area contributed by atoms with Gasteiger partial charge < -0.3 is 0 Å². The van der Waals surface area contributed by atoms with Gasteiger partial charge in [-0.1, -0.05) is 12.1 Å². The lowest BCUT2D eigenvalue weighted by Gasteiger charge is -2.17. The first-order valence-electron chi connectivity index (χ1n) is 5.93. The Morgan fingerprint density at radius 3 is 2.63 bits per heavy atom. The fourth-order valence-corrected chi connectivity index (χ4v) is 2.97. The molecule has 3 rings (SSSR count). The van der Waals surface area contributed by atoms with Crippen molar-refractivity contribution in [2.45, 2.75) is 20.4 Å². The Morgan fingerprint density at radius 1 is 1.21 bits per heavy atom. The van der Waals surface area contributed by atoms with Gasteiger partial charge >= 0.3 is 0 Å². The van der Waals surface area contributed by atoms with Gasteiger partial charge in [0.05, 0.1) is 23.3 Å². The number of fused-ring (bicyclic) bond motifs is 1. The Labute approximate surface area is 114 Å². The maximum Gasteiger partial charge on any atom is 0.299 e. The van der Waals surface area contributed by atoms with Crippen LogP contribution in [0.25, 0.3) is 0 Å². The molecule has 1 aromatic carbocycles. The monoisotopic (exact) mass is 272 g/mol. The summed E-state index contributed by atoms with van der Waals surface area (Å²) in [5.41, 5.74) is 4.83.